The molecule has 0 spiro atoms. The van der Waals surface area contributed by atoms with Crippen molar-refractivity contribution in [3.63, 3.8) is 0 Å². The standard InChI is InChI=1S/C24H42O.C14H14O.C9H12.3C8H10O.C7H8O.C7H8/c1-3-5-7-9-11-13-15-17-22-19-20-24(25)23(21-22)18-16-14-12-10-8-6-4-2;1-11-2-4-12(5-3-11)10-13-6-8-14(15)9-7-13;1-3-9-6-4-8(2)5-7-9;2*1-6-3-4-8(9)7(2)5-6;1-6-3-4-7(2)8(9)5-6;1-6-2-4-7(8)5-3-6;1-7-5-3-2-4-6-7/h19-21,25H,3-18H2,1-2H3;2-9,15H,10H2,1H3;4-7H,3H2,1-2H3;3*3-5,9H,1-2H3;2-5,8H,1H3;2-6H,1H3. The molecular weight excluding hydrogens is 1120 g/mol. The lowest BCUT2D eigenvalue weighted by atomic mass is 9.99. The second-order valence-electron chi connectivity index (χ2n) is 24.2. The van der Waals surface area contributed by atoms with E-state index in [1.807, 2.05) is 133 Å². The molecule has 0 aliphatic rings. The van der Waals surface area contributed by atoms with Crippen molar-refractivity contribution in [2.24, 2.45) is 0 Å². The smallest absolute Gasteiger partial charge is 0.118 e. The zero-order valence-corrected chi connectivity index (χ0v) is 58.0. The second kappa shape index (κ2) is 47.7. The Labute approximate surface area is 551 Å². The molecule has 9 aromatic rings. The molecule has 9 rings (SSSR count). The highest BCUT2D eigenvalue weighted by Crippen LogP contribution is 2.24. The molecule has 6 heteroatoms. The van der Waals surface area contributed by atoms with E-state index in [0.29, 0.717) is 34.5 Å². The SMILES string of the molecule is CCCCCCCCCc1ccc(O)c(CCCCCCCCC)c1.CCc1ccc(C)cc1.Cc1ccc(C)c(O)c1.Cc1ccc(Cc2ccc(O)cc2)cc1.Cc1ccc(O)c(C)c1.Cc1ccc(O)c(C)c1.Cc1ccc(O)cc1.Cc1ccccc1. The normalized spacial score (nSPS) is 9.99. The summed E-state index contributed by atoms with van der Waals surface area (Å²) in [6.07, 6.45) is 23.1. The molecule has 9 aromatic carbocycles. The molecule has 0 aliphatic carbocycles. The van der Waals surface area contributed by atoms with Gasteiger partial charge in [-0.1, -0.05) is 283 Å². The van der Waals surface area contributed by atoms with E-state index in [1.54, 1.807) is 42.5 Å². The molecule has 0 amide bonds. The zero-order chi connectivity index (χ0) is 67.2. The van der Waals surface area contributed by atoms with Crippen molar-refractivity contribution in [2.75, 3.05) is 0 Å². The van der Waals surface area contributed by atoms with Gasteiger partial charge < -0.3 is 30.6 Å². The van der Waals surface area contributed by atoms with Crippen LogP contribution in [0, 0.1) is 69.2 Å². The van der Waals surface area contributed by atoms with Crippen molar-refractivity contribution in [3.05, 3.63) is 284 Å². The first-order valence-electron chi connectivity index (χ1n) is 33.4. The molecule has 490 valence electrons. The number of phenolic OH excluding ortho intramolecular Hbond substituents is 6. The van der Waals surface area contributed by atoms with Crippen LogP contribution in [-0.4, -0.2) is 30.6 Å². The highest BCUT2D eigenvalue weighted by molar-refractivity contribution is 5.38. The molecule has 0 saturated carbocycles. The second-order valence-corrected chi connectivity index (χ2v) is 24.2. The van der Waals surface area contributed by atoms with Gasteiger partial charge in [-0.05, 0) is 206 Å². The molecule has 0 unspecified atom stereocenters. The molecule has 6 nitrogen and oxygen atoms in total. The van der Waals surface area contributed by atoms with Gasteiger partial charge in [0, 0.05) is 0 Å². The molecule has 0 radical (unpaired) electrons. The van der Waals surface area contributed by atoms with Crippen LogP contribution in [0.5, 0.6) is 34.5 Å². The van der Waals surface area contributed by atoms with Crippen molar-refractivity contribution >= 4 is 0 Å². The van der Waals surface area contributed by atoms with E-state index in [-0.39, 0.29) is 0 Å². The summed E-state index contributed by atoms with van der Waals surface area (Å²) in [5.74, 6) is 2.28. The van der Waals surface area contributed by atoms with E-state index >= 15 is 0 Å². The Morgan fingerprint density at radius 3 is 0.967 bits per heavy atom. The van der Waals surface area contributed by atoms with Gasteiger partial charge in [0.15, 0.2) is 0 Å². The minimum Gasteiger partial charge on any atom is -0.508 e. The van der Waals surface area contributed by atoms with Gasteiger partial charge in [-0.2, -0.15) is 0 Å². The summed E-state index contributed by atoms with van der Waals surface area (Å²) in [5.41, 5.74) is 17.9. The van der Waals surface area contributed by atoms with Crippen molar-refractivity contribution in [1.82, 2.24) is 0 Å². The fourth-order valence-electron chi connectivity index (χ4n) is 9.34. The van der Waals surface area contributed by atoms with Crippen LogP contribution in [0.25, 0.3) is 0 Å². The Morgan fingerprint density at radius 1 is 0.242 bits per heavy atom. The maximum absolute atomic E-state index is 10.1. The van der Waals surface area contributed by atoms with E-state index in [0.717, 1.165) is 53.5 Å². The first-order valence-corrected chi connectivity index (χ1v) is 33.4. The third-order valence-electron chi connectivity index (χ3n) is 15.3. The van der Waals surface area contributed by atoms with Crippen LogP contribution >= 0.6 is 0 Å². The lowest BCUT2D eigenvalue weighted by Gasteiger charge is -2.08. The van der Waals surface area contributed by atoms with E-state index in [2.05, 4.69) is 114 Å². The molecule has 0 heterocycles. The van der Waals surface area contributed by atoms with E-state index < -0.39 is 0 Å². The van der Waals surface area contributed by atoms with Gasteiger partial charge >= 0.3 is 0 Å². The highest BCUT2D eigenvalue weighted by atomic mass is 16.3. The molecule has 0 fully saturated rings. The first kappa shape index (κ1) is 78.9. The zero-order valence-electron chi connectivity index (χ0n) is 58.0. The molecule has 91 heavy (non-hydrogen) atoms. The van der Waals surface area contributed by atoms with E-state index in [4.69, 9.17) is 25.5 Å². The summed E-state index contributed by atoms with van der Waals surface area (Å²) in [4.78, 5) is 0. The molecule has 0 aromatic heterocycles. The van der Waals surface area contributed by atoms with Gasteiger partial charge in [-0.3, -0.25) is 0 Å². The Hall–Kier alpha value is -8.22. The van der Waals surface area contributed by atoms with Crippen molar-refractivity contribution < 1.29 is 30.6 Å². The number of phenols is 6. The maximum Gasteiger partial charge on any atom is 0.118 e. The van der Waals surface area contributed by atoms with Crippen molar-refractivity contribution in [1.29, 1.82) is 0 Å². The molecule has 0 saturated heterocycles. The predicted molar refractivity (Wildman–Crippen MR) is 391 cm³/mol. The summed E-state index contributed by atoms with van der Waals surface area (Å²) < 4.78 is 0. The molecule has 0 bridgehead atoms. The van der Waals surface area contributed by atoms with Crippen LogP contribution in [0.4, 0.5) is 0 Å². The number of rotatable bonds is 19. The van der Waals surface area contributed by atoms with Crippen LogP contribution < -0.4 is 0 Å². The lowest BCUT2D eigenvalue weighted by Crippen LogP contribution is -1.92. The quantitative estimate of drug-likeness (QED) is 0.0449. The van der Waals surface area contributed by atoms with E-state index in [1.165, 1.54) is 146 Å². The fraction of sp³-hybridized carbons (Fsp3) is 0.365. The minimum absolute atomic E-state index is 0.322. The number of hydrogen-bond donors (Lipinski definition) is 6. The molecule has 6 N–H and O–H groups in total. The number of unbranched alkanes of at least 4 members (excludes halogenated alkanes) is 12. The van der Waals surface area contributed by atoms with Crippen LogP contribution in [0.2, 0.25) is 0 Å². The minimum atomic E-state index is 0.322. The average molecular weight is 1230 g/mol. The van der Waals surface area contributed by atoms with Crippen LogP contribution in [0.3, 0.4) is 0 Å². The Kier molecular flexibility index (Phi) is 41.3. The number of aromatic hydroxyl groups is 6. The van der Waals surface area contributed by atoms with Gasteiger partial charge in [0.2, 0.25) is 0 Å². The molecule has 0 aliphatic heterocycles. The number of hydrogen-bond acceptors (Lipinski definition) is 6. The summed E-state index contributed by atoms with van der Waals surface area (Å²) in [6, 6.07) is 64.9. The Morgan fingerprint density at radius 2 is 0.582 bits per heavy atom. The van der Waals surface area contributed by atoms with Gasteiger partial charge in [0.05, 0.1) is 0 Å². The summed E-state index contributed by atoms with van der Waals surface area (Å²) in [5, 5.41) is 55.2. The van der Waals surface area contributed by atoms with Crippen molar-refractivity contribution in [3.8, 4) is 34.5 Å². The van der Waals surface area contributed by atoms with Gasteiger partial charge in [-0.15, -0.1) is 0 Å². The Balaban J connectivity index is 0.000000370. The maximum atomic E-state index is 10.1. The van der Waals surface area contributed by atoms with Crippen molar-refractivity contribution in [2.45, 2.75) is 206 Å². The van der Waals surface area contributed by atoms with Gasteiger partial charge in [0.1, 0.15) is 34.5 Å². The monoisotopic (exact) mass is 1230 g/mol. The topological polar surface area (TPSA) is 121 Å². The summed E-state index contributed by atoms with van der Waals surface area (Å²) in [7, 11) is 0. The average Bonchev–Trinajstić information content (AvgIpc) is 3.70. The molecule has 0 atom stereocenters. The predicted octanol–water partition coefficient (Wildman–Crippen LogP) is 23.6. The lowest BCUT2D eigenvalue weighted by molar-refractivity contribution is 0.465. The van der Waals surface area contributed by atoms with Crippen LogP contribution in [0.15, 0.2) is 200 Å². The first-order chi connectivity index (χ1) is 43.6. The number of benzene rings is 9. The van der Waals surface area contributed by atoms with Crippen LogP contribution in [-0.2, 0) is 25.7 Å². The number of aryl methyl sites for hydroxylation is 13. The largest absolute Gasteiger partial charge is 0.508 e. The molecular formula is C85H114O6. The third-order valence-corrected chi connectivity index (χ3v) is 15.3. The summed E-state index contributed by atoms with van der Waals surface area (Å²) in [6.45, 7) is 26.6. The van der Waals surface area contributed by atoms with Crippen LogP contribution in [0.1, 0.15) is 194 Å². The summed E-state index contributed by atoms with van der Waals surface area (Å²) >= 11 is 0. The van der Waals surface area contributed by atoms with Gasteiger partial charge in [0.25, 0.3) is 0 Å². The fourth-order valence-corrected chi connectivity index (χ4v) is 9.34. The Bertz CT molecular complexity index is 3090. The highest BCUT2D eigenvalue weighted by Gasteiger charge is 2.05. The van der Waals surface area contributed by atoms with Gasteiger partial charge in [-0.25, -0.2) is 0 Å². The third kappa shape index (κ3) is 38.8. The van der Waals surface area contributed by atoms with E-state index in [9.17, 15) is 5.11 Å².